The van der Waals surface area contributed by atoms with Gasteiger partial charge in [0.05, 0.1) is 24.1 Å². The Balaban J connectivity index is 1.79. The molecular weight excluding hydrogens is 443 g/mol. The van der Waals surface area contributed by atoms with Gasteiger partial charge in [-0.15, -0.1) is 0 Å². The number of nitrogens with zero attached hydrogens (tertiary/aromatic N) is 2. The summed E-state index contributed by atoms with van der Waals surface area (Å²) in [6.07, 6.45) is -0.843. The number of rotatable bonds is 5. The van der Waals surface area contributed by atoms with Crippen molar-refractivity contribution in [1.82, 2.24) is 15.2 Å². The van der Waals surface area contributed by atoms with Crippen molar-refractivity contribution >= 4 is 18.5 Å². The van der Waals surface area contributed by atoms with Crippen LogP contribution >= 0.6 is 0 Å². The minimum absolute atomic E-state index is 0.0397. The molecule has 8 nitrogen and oxygen atoms in total. The molecule has 1 aromatic heterocycles. The van der Waals surface area contributed by atoms with Gasteiger partial charge in [0.25, 0.3) is 6.47 Å². The molecular formula is C22H26F3N3O5. The fourth-order valence-corrected chi connectivity index (χ4v) is 3.98. The smallest absolute Gasteiger partial charge is 0.417 e. The van der Waals surface area contributed by atoms with Gasteiger partial charge in [-0.25, -0.2) is 4.79 Å². The summed E-state index contributed by atoms with van der Waals surface area (Å²) in [5, 5.41) is 2.66. The molecule has 11 heteroatoms. The summed E-state index contributed by atoms with van der Waals surface area (Å²) >= 11 is 0. The second-order valence-electron chi connectivity index (χ2n) is 9.01. The molecule has 1 aliphatic carbocycles. The van der Waals surface area contributed by atoms with E-state index < -0.39 is 41.3 Å². The van der Waals surface area contributed by atoms with Crippen molar-refractivity contribution in [3.05, 3.63) is 41.2 Å². The highest BCUT2D eigenvalue weighted by Gasteiger charge is 2.42. The second kappa shape index (κ2) is 9.40. The van der Waals surface area contributed by atoms with E-state index in [1.807, 2.05) is 0 Å². The maximum atomic E-state index is 13.4. The number of halogens is 3. The highest BCUT2D eigenvalue weighted by Crippen LogP contribution is 2.33. The van der Waals surface area contributed by atoms with E-state index in [2.05, 4.69) is 10.3 Å². The number of amides is 2. The van der Waals surface area contributed by atoms with Crippen LogP contribution in [-0.4, -0.2) is 53.2 Å². The Bertz CT molecular complexity index is 942. The molecule has 0 fully saturated rings. The molecule has 3 rings (SSSR count). The van der Waals surface area contributed by atoms with Crippen LogP contribution in [0.3, 0.4) is 0 Å². The average Bonchev–Trinajstić information content (AvgIpc) is 3.10. The van der Waals surface area contributed by atoms with Gasteiger partial charge < -0.3 is 19.7 Å². The van der Waals surface area contributed by atoms with Crippen LogP contribution in [0.15, 0.2) is 24.4 Å². The van der Waals surface area contributed by atoms with Gasteiger partial charge >= 0.3 is 12.3 Å². The van der Waals surface area contributed by atoms with Crippen molar-refractivity contribution in [1.29, 1.82) is 0 Å². The first-order valence-corrected chi connectivity index (χ1v) is 10.5. The van der Waals surface area contributed by atoms with E-state index in [0.29, 0.717) is 17.7 Å². The Hall–Kier alpha value is -3.11. The molecule has 2 aliphatic rings. The van der Waals surface area contributed by atoms with E-state index in [-0.39, 0.29) is 32.1 Å². The van der Waals surface area contributed by atoms with Crippen molar-refractivity contribution in [2.24, 2.45) is 11.8 Å². The van der Waals surface area contributed by atoms with Crippen LogP contribution in [0.25, 0.3) is 0 Å². The zero-order chi connectivity index (χ0) is 24.4. The van der Waals surface area contributed by atoms with Gasteiger partial charge in [0, 0.05) is 37.3 Å². The maximum absolute atomic E-state index is 13.4. The number of aromatic nitrogens is 1. The summed E-state index contributed by atoms with van der Waals surface area (Å²) < 4.78 is 49.4. The molecule has 1 aromatic rings. The first-order valence-electron chi connectivity index (χ1n) is 10.5. The van der Waals surface area contributed by atoms with Gasteiger partial charge in [-0.05, 0) is 32.4 Å². The molecule has 2 heterocycles. The summed E-state index contributed by atoms with van der Waals surface area (Å²) in [4.78, 5) is 41.8. The lowest BCUT2D eigenvalue weighted by Gasteiger charge is -2.34. The highest BCUT2D eigenvalue weighted by molar-refractivity contribution is 5.82. The lowest BCUT2D eigenvalue weighted by atomic mass is 9.90. The van der Waals surface area contributed by atoms with E-state index in [9.17, 15) is 27.6 Å². The molecule has 0 radical (unpaired) electrons. The van der Waals surface area contributed by atoms with Gasteiger partial charge in [-0.1, -0.05) is 12.2 Å². The van der Waals surface area contributed by atoms with E-state index in [0.717, 1.165) is 12.3 Å². The number of alkyl halides is 3. The first-order chi connectivity index (χ1) is 15.4. The van der Waals surface area contributed by atoms with Crippen LogP contribution in [0.4, 0.5) is 18.0 Å². The monoisotopic (exact) mass is 469 g/mol. The molecule has 0 aromatic carbocycles. The third-order valence-corrected chi connectivity index (χ3v) is 5.42. The Kier molecular flexibility index (Phi) is 6.99. The van der Waals surface area contributed by atoms with Crippen LogP contribution in [0.1, 0.15) is 37.6 Å². The summed E-state index contributed by atoms with van der Waals surface area (Å²) in [5.74, 6) is -1.69. The number of carbonyl (C=O) groups is 3. The quantitative estimate of drug-likeness (QED) is 0.526. The molecule has 1 aliphatic heterocycles. The van der Waals surface area contributed by atoms with Crippen molar-refractivity contribution in [3.8, 4) is 0 Å². The third-order valence-electron chi connectivity index (χ3n) is 5.42. The minimum Gasteiger partial charge on any atom is -0.467 e. The topological polar surface area (TPSA) is 97.8 Å². The molecule has 0 bridgehead atoms. The summed E-state index contributed by atoms with van der Waals surface area (Å²) in [5.41, 5.74) is -0.778. The minimum atomic E-state index is -4.54. The molecule has 180 valence electrons. The molecule has 2 amide bonds. The van der Waals surface area contributed by atoms with E-state index in [4.69, 9.17) is 9.47 Å². The standard InChI is InChI=1S/C22H26F3N3O5/c1-21(2,3)33-20(31)27-17-5-4-13(11-32-12-29)18(17)19(30)28-7-6-16-14(10-28)8-15(9-26-16)22(23,24)25/h4-5,8-9,12-13,17-18H,6-7,10-11H2,1-3H3,(H,27,31)/t13-,17+,18-/m0/s1. The average molecular weight is 469 g/mol. The Labute approximate surface area is 189 Å². The Morgan fingerprint density at radius 1 is 1.27 bits per heavy atom. The van der Waals surface area contributed by atoms with Crippen molar-refractivity contribution < 1.29 is 37.0 Å². The number of hydrogen-bond donors (Lipinski definition) is 1. The van der Waals surface area contributed by atoms with E-state index in [1.54, 1.807) is 32.9 Å². The van der Waals surface area contributed by atoms with Crippen LogP contribution in [-0.2, 0) is 38.2 Å². The van der Waals surface area contributed by atoms with Crippen molar-refractivity contribution in [2.75, 3.05) is 13.2 Å². The van der Waals surface area contributed by atoms with Crippen LogP contribution in [0, 0.1) is 11.8 Å². The lowest BCUT2D eigenvalue weighted by Crippen LogP contribution is -2.50. The van der Waals surface area contributed by atoms with Crippen LogP contribution < -0.4 is 5.32 Å². The van der Waals surface area contributed by atoms with E-state index in [1.165, 1.54) is 4.90 Å². The second-order valence-corrected chi connectivity index (χ2v) is 9.01. The number of carbonyl (C=O) groups excluding carboxylic acids is 3. The molecule has 0 spiro atoms. The van der Waals surface area contributed by atoms with Gasteiger partial charge in [-0.3, -0.25) is 14.6 Å². The zero-order valence-electron chi connectivity index (χ0n) is 18.5. The Morgan fingerprint density at radius 3 is 2.64 bits per heavy atom. The molecule has 1 N–H and O–H groups in total. The molecule has 3 atom stereocenters. The van der Waals surface area contributed by atoms with Gasteiger partial charge in [-0.2, -0.15) is 13.2 Å². The number of ether oxygens (including phenoxy) is 2. The molecule has 0 saturated carbocycles. The van der Waals surface area contributed by atoms with Gasteiger partial charge in [0.2, 0.25) is 5.91 Å². The fourth-order valence-electron chi connectivity index (χ4n) is 3.98. The molecule has 33 heavy (non-hydrogen) atoms. The number of nitrogens with one attached hydrogen (secondary N) is 1. The predicted molar refractivity (Wildman–Crippen MR) is 110 cm³/mol. The summed E-state index contributed by atoms with van der Waals surface area (Å²) in [6, 6.07) is 0.284. The lowest BCUT2D eigenvalue weighted by molar-refractivity contribution is -0.140. The SMILES string of the molecule is CC(C)(C)OC(=O)N[C@@H]1C=C[C@@H](COC=O)[C@@H]1C(=O)N1CCc2ncc(C(F)(F)F)cc2C1. The normalized spacial score (nSPS) is 22.5. The van der Waals surface area contributed by atoms with Crippen LogP contribution in [0.5, 0.6) is 0 Å². The first kappa shape index (κ1) is 24.5. The number of alkyl carbamates (subject to hydrolysis) is 1. The summed E-state index contributed by atoms with van der Waals surface area (Å²) in [6.45, 7) is 5.53. The molecule has 0 unspecified atom stereocenters. The van der Waals surface area contributed by atoms with Crippen LogP contribution in [0.2, 0.25) is 0 Å². The number of hydrogen-bond acceptors (Lipinski definition) is 6. The van der Waals surface area contributed by atoms with Gasteiger partial charge in [0.1, 0.15) is 5.60 Å². The largest absolute Gasteiger partial charge is 0.467 e. The number of pyridine rings is 1. The zero-order valence-corrected chi connectivity index (χ0v) is 18.5. The number of fused-ring (bicyclic) bond motifs is 1. The van der Waals surface area contributed by atoms with Crippen molar-refractivity contribution in [3.63, 3.8) is 0 Å². The maximum Gasteiger partial charge on any atom is 0.417 e. The summed E-state index contributed by atoms with van der Waals surface area (Å²) in [7, 11) is 0. The Morgan fingerprint density at radius 2 is 2.00 bits per heavy atom. The molecule has 0 saturated heterocycles. The third kappa shape index (κ3) is 6.02. The van der Waals surface area contributed by atoms with E-state index >= 15 is 0 Å². The highest BCUT2D eigenvalue weighted by atomic mass is 19.4. The van der Waals surface area contributed by atoms with Crippen molar-refractivity contribution in [2.45, 2.75) is 51.6 Å². The fraction of sp³-hybridized carbons (Fsp3) is 0.545. The predicted octanol–water partition coefficient (Wildman–Crippen LogP) is 2.85. The van der Waals surface area contributed by atoms with Gasteiger partial charge in [0.15, 0.2) is 0 Å².